The summed E-state index contributed by atoms with van der Waals surface area (Å²) in [6.45, 7) is 6.96. The number of benzene rings is 1. The standard InChI is InChI=1S/C15H21NO4/c1-9(13(17)18)11-7-6-10(20-5)8-12(11)16-14(19)15(2,3)4/h6-9H,1-5H3,(H,16,19)(H,17,18). The zero-order chi connectivity index (χ0) is 15.5. The SMILES string of the molecule is COc1ccc(C(C)C(=O)O)c(NC(=O)C(C)(C)C)c1. The van der Waals surface area contributed by atoms with Crippen molar-refractivity contribution < 1.29 is 19.4 Å². The van der Waals surface area contributed by atoms with Crippen molar-refractivity contribution in [3.63, 3.8) is 0 Å². The van der Waals surface area contributed by atoms with Crippen molar-refractivity contribution >= 4 is 17.6 Å². The molecule has 1 unspecified atom stereocenters. The second kappa shape index (κ2) is 5.94. The number of carboxylic acids is 1. The minimum Gasteiger partial charge on any atom is -0.497 e. The van der Waals surface area contributed by atoms with Crippen molar-refractivity contribution in [3.05, 3.63) is 23.8 Å². The van der Waals surface area contributed by atoms with Gasteiger partial charge in [-0.1, -0.05) is 26.8 Å². The molecule has 0 radical (unpaired) electrons. The van der Waals surface area contributed by atoms with Gasteiger partial charge in [-0.3, -0.25) is 9.59 Å². The minimum absolute atomic E-state index is 0.176. The van der Waals surface area contributed by atoms with E-state index in [4.69, 9.17) is 9.84 Å². The Labute approximate surface area is 118 Å². The molecule has 0 bridgehead atoms. The summed E-state index contributed by atoms with van der Waals surface area (Å²) in [7, 11) is 1.52. The van der Waals surface area contributed by atoms with E-state index in [1.165, 1.54) is 7.11 Å². The van der Waals surface area contributed by atoms with E-state index in [1.807, 2.05) is 0 Å². The number of ether oxygens (including phenoxy) is 1. The van der Waals surface area contributed by atoms with Crippen LogP contribution in [0.2, 0.25) is 0 Å². The highest BCUT2D eigenvalue weighted by Crippen LogP contribution is 2.30. The molecule has 1 aromatic rings. The maximum absolute atomic E-state index is 12.1. The van der Waals surface area contributed by atoms with Crippen molar-refractivity contribution in [1.82, 2.24) is 0 Å². The van der Waals surface area contributed by atoms with E-state index in [9.17, 15) is 9.59 Å². The fourth-order valence-electron chi connectivity index (χ4n) is 1.59. The molecule has 0 aromatic heterocycles. The smallest absolute Gasteiger partial charge is 0.310 e. The molecule has 5 nitrogen and oxygen atoms in total. The van der Waals surface area contributed by atoms with E-state index < -0.39 is 17.3 Å². The molecule has 0 fully saturated rings. The third kappa shape index (κ3) is 3.73. The Balaban J connectivity index is 3.20. The van der Waals surface area contributed by atoms with Crippen LogP contribution in [0.3, 0.4) is 0 Å². The van der Waals surface area contributed by atoms with E-state index in [-0.39, 0.29) is 5.91 Å². The van der Waals surface area contributed by atoms with E-state index in [2.05, 4.69) is 5.32 Å². The van der Waals surface area contributed by atoms with Gasteiger partial charge < -0.3 is 15.2 Å². The number of nitrogens with one attached hydrogen (secondary N) is 1. The summed E-state index contributed by atoms with van der Waals surface area (Å²) in [5, 5.41) is 11.9. The fourth-order valence-corrected chi connectivity index (χ4v) is 1.59. The van der Waals surface area contributed by atoms with E-state index in [1.54, 1.807) is 45.9 Å². The summed E-state index contributed by atoms with van der Waals surface area (Å²) in [5.41, 5.74) is 0.461. The molecule has 1 atom stereocenters. The summed E-state index contributed by atoms with van der Waals surface area (Å²) in [6.07, 6.45) is 0. The molecule has 0 saturated carbocycles. The lowest BCUT2D eigenvalue weighted by atomic mass is 9.94. The second-order valence-electron chi connectivity index (χ2n) is 5.72. The lowest BCUT2D eigenvalue weighted by Gasteiger charge is -2.21. The Morgan fingerprint density at radius 3 is 2.35 bits per heavy atom. The minimum atomic E-state index is -0.943. The third-order valence-electron chi connectivity index (χ3n) is 3.03. The fraction of sp³-hybridized carbons (Fsp3) is 0.467. The van der Waals surface area contributed by atoms with E-state index in [0.29, 0.717) is 17.0 Å². The van der Waals surface area contributed by atoms with Crippen LogP contribution in [0.1, 0.15) is 39.2 Å². The Hall–Kier alpha value is -2.04. The molecule has 0 heterocycles. The van der Waals surface area contributed by atoms with Gasteiger partial charge >= 0.3 is 5.97 Å². The van der Waals surface area contributed by atoms with Gasteiger partial charge in [0.05, 0.1) is 13.0 Å². The Morgan fingerprint density at radius 1 is 1.30 bits per heavy atom. The van der Waals surface area contributed by atoms with E-state index >= 15 is 0 Å². The van der Waals surface area contributed by atoms with Gasteiger partial charge in [0.15, 0.2) is 0 Å². The van der Waals surface area contributed by atoms with Gasteiger partial charge in [-0.05, 0) is 18.6 Å². The molecule has 0 aliphatic carbocycles. The quantitative estimate of drug-likeness (QED) is 0.888. The van der Waals surface area contributed by atoms with Gasteiger partial charge in [0, 0.05) is 17.2 Å². The lowest BCUT2D eigenvalue weighted by Crippen LogP contribution is -2.28. The molecule has 5 heteroatoms. The second-order valence-corrected chi connectivity index (χ2v) is 5.72. The molecule has 0 aliphatic heterocycles. The first-order chi connectivity index (χ1) is 9.16. The number of methoxy groups -OCH3 is 1. The molecule has 1 amide bonds. The zero-order valence-corrected chi connectivity index (χ0v) is 12.5. The molecule has 2 N–H and O–H groups in total. The number of aliphatic carboxylic acids is 1. The van der Waals surface area contributed by atoms with Crippen molar-refractivity contribution in [2.24, 2.45) is 5.41 Å². The average molecular weight is 279 g/mol. The lowest BCUT2D eigenvalue weighted by molar-refractivity contribution is -0.138. The van der Waals surface area contributed by atoms with Gasteiger partial charge in [0.1, 0.15) is 5.75 Å². The zero-order valence-electron chi connectivity index (χ0n) is 12.5. The van der Waals surface area contributed by atoms with Crippen LogP contribution in [0.5, 0.6) is 5.75 Å². The molecule has 1 rings (SSSR count). The molecule has 0 spiro atoms. The number of rotatable bonds is 4. The Kier molecular flexibility index (Phi) is 4.76. The van der Waals surface area contributed by atoms with Crippen molar-refractivity contribution in [3.8, 4) is 5.75 Å². The van der Waals surface area contributed by atoms with Crippen molar-refractivity contribution in [2.75, 3.05) is 12.4 Å². The first-order valence-corrected chi connectivity index (χ1v) is 6.39. The van der Waals surface area contributed by atoms with Crippen LogP contribution in [0.4, 0.5) is 5.69 Å². The monoisotopic (exact) mass is 279 g/mol. The van der Waals surface area contributed by atoms with Gasteiger partial charge in [-0.15, -0.1) is 0 Å². The summed E-state index contributed by atoms with van der Waals surface area (Å²) >= 11 is 0. The number of hydrogen-bond acceptors (Lipinski definition) is 3. The van der Waals surface area contributed by atoms with Gasteiger partial charge in [0.2, 0.25) is 5.91 Å². The van der Waals surface area contributed by atoms with E-state index in [0.717, 1.165) is 0 Å². The largest absolute Gasteiger partial charge is 0.497 e. The van der Waals surface area contributed by atoms with Crippen LogP contribution in [-0.4, -0.2) is 24.1 Å². The molecule has 20 heavy (non-hydrogen) atoms. The Bertz CT molecular complexity index is 517. The first kappa shape index (κ1) is 16.0. The van der Waals surface area contributed by atoms with Crippen LogP contribution in [0, 0.1) is 5.41 Å². The normalized spacial score (nSPS) is 12.7. The molecular weight excluding hydrogens is 258 g/mol. The number of hydrogen-bond donors (Lipinski definition) is 2. The average Bonchev–Trinajstić information content (AvgIpc) is 2.36. The number of carbonyl (C=O) groups excluding carboxylic acids is 1. The molecular formula is C15H21NO4. The third-order valence-corrected chi connectivity index (χ3v) is 3.03. The predicted octanol–water partition coefficient (Wildman–Crippen LogP) is 2.87. The van der Waals surface area contributed by atoms with Crippen LogP contribution >= 0.6 is 0 Å². The highest BCUT2D eigenvalue weighted by molar-refractivity contribution is 5.96. The highest BCUT2D eigenvalue weighted by Gasteiger charge is 2.24. The van der Waals surface area contributed by atoms with Crippen LogP contribution < -0.4 is 10.1 Å². The van der Waals surface area contributed by atoms with Crippen LogP contribution in [0.15, 0.2) is 18.2 Å². The number of carboxylic acid groups (broad SMARTS) is 1. The maximum Gasteiger partial charge on any atom is 0.310 e. The molecule has 0 saturated heterocycles. The van der Waals surface area contributed by atoms with Crippen molar-refractivity contribution in [2.45, 2.75) is 33.6 Å². The predicted molar refractivity (Wildman–Crippen MR) is 77.1 cm³/mol. The van der Waals surface area contributed by atoms with Gasteiger partial charge in [0.25, 0.3) is 0 Å². The topological polar surface area (TPSA) is 75.6 Å². The molecule has 110 valence electrons. The number of amides is 1. The first-order valence-electron chi connectivity index (χ1n) is 6.39. The molecule has 0 aliphatic rings. The molecule has 1 aromatic carbocycles. The summed E-state index contributed by atoms with van der Waals surface area (Å²) in [4.78, 5) is 23.2. The van der Waals surface area contributed by atoms with Crippen LogP contribution in [0.25, 0.3) is 0 Å². The Morgan fingerprint density at radius 2 is 1.90 bits per heavy atom. The van der Waals surface area contributed by atoms with Crippen molar-refractivity contribution in [1.29, 1.82) is 0 Å². The summed E-state index contributed by atoms with van der Waals surface area (Å²) < 4.78 is 5.12. The number of anilines is 1. The number of carbonyl (C=O) groups is 2. The summed E-state index contributed by atoms with van der Waals surface area (Å²) in [6, 6.07) is 4.98. The van der Waals surface area contributed by atoms with Gasteiger partial charge in [-0.25, -0.2) is 0 Å². The summed E-state index contributed by atoms with van der Waals surface area (Å²) in [5.74, 6) is -1.27. The maximum atomic E-state index is 12.1. The highest BCUT2D eigenvalue weighted by atomic mass is 16.5. The van der Waals surface area contributed by atoms with Crippen LogP contribution in [-0.2, 0) is 9.59 Å². The van der Waals surface area contributed by atoms with Gasteiger partial charge in [-0.2, -0.15) is 0 Å².